The molecule has 0 amide bonds. The molecule has 7 heteroatoms. The number of hydrogen-bond donors (Lipinski definition) is 1. The van der Waals surface area contributed by atoms with Crippen LogP contribution in [0.2, 0.25) is 0 Å². The highest BCUT2D eigenvalue weighted by Crippen LogP contribution is 2.23. The number of pyridine rings is 2. The molecule has 1 aliphatic heterocycles. The van der Waals surface area contributed by atoms with Gasteiger partial charge in [-0.2, -0.15) is 0 Å². The molecule has 144 valence electrons. The summed E-state index contributed by atoms with van der Waals surface area (Å²) in [5, 5.41) is 3.46. The first-order valence-corrected chi connectivity index (χ1v) is 9.62. The molecular formula is C21H24N6O. The van der Waals surface area contributed by atoms with Crippen LogP contribution in [0, 0.1) is 0 Å². The van der Waals surface area contributed by atoms with Gasteiger partial charge in [0.1, 0.15) is 5.82 Å². The molecule has 28 heavy (non-hydrogen) atoms. The zero-order valence-electron chi connectivity index (χ0n) is 15.8. The van der Waals surface area contributed by atoms with Crippen molar-refractivity contribution < 1.29 is 4.74 Å². The van der Waals surface area contributed by atoms with Crippen molar-refractivity contribution in [3.63, 3.8) is 0 Å². The molecule has 1 saturated heterocycles. The largest absolute Gasteiger partial charge is 0.379 e. The van der Waals surface area contributed by atoms with Crippen LogP contribution in [0.15, 0.2) is 55.1 Å². The van der Waals surface area contributed by atoms with Gasteiger partial charge in [-0.3, -0.25) is 14.9 Å². The molecule has 0 spiro atoms. The number of nitrogens with one attached hydrogen (secondary N) is 1. The Morgan fingerprint density at radius 2 is 1.82 bits per heavy atom. The maximum atomic E-state index is 5.40. The predicted molar refractivity (Wildman–Crippen MR) is 109 cm³/mol. The Hall–Kier alpha value is -2.90. The van der Waals surface area contributed by atoms with Crippen LogP contribution in [0.5, 0.6) is 0 Å². The van der Waals surface area contributed by atoms with Gasteiger partial charge in [0.15, 0.2) is 5.82 Å². The first-order chi connectivity index (χ1) is 13.9. The molecule has 1 aliphatic rings. The number of hydrogen-bond acceptors (Lipinski definition) is 7. The van der Waals surface area contributed by atoms with Crippen LogP contribution in [-0.4, -0.2) is 64.2 Å². The predicted octanol–water partition coefficient (Wildman–Crippen LogP) is 2.73. The Morgan fingerprint density at radius 3 is 2.61 bits per heavy atom. The van der Waals surface area contributed by atoms with E-state index >= 15 is 0 Å². The van der Waals surface area contributed by atoms with Crippen molar-refractivity contribution in [3.05, 3.63) is 55.1 Å². The Labute approximate surface area is 164 Å². The number of ether oxygens (including phenoxy) is 1. The molecular weight excluding hydrogens is 352 g/mol. The highest BCUT2D eigenvalue weighted by molar-refractivity contribution is 5.66. The highest BCUT2D eigenvalue weighted by atomic mass is 16.5. The molecule has 0 atom stereocenters. The first kappa shape index (κ1) is 18.5. The van der Waals surface area contributed by atoms with E-state index in [-0.39, 0.29) is 0 Å². The number of morpholine rings is 1. The lowest BCUT2D eigenvalue weighted by molar-refractivity contribution is 0.0378. The van der Waals surface area contributed by atoms with Crippen LogP contribution < -0.4 is 5.32 Å². The summed E-state index contributed by atoms with van der Waals surface area (Å²) in [5.74, 6) is 1.49. The second-order valence-electron chi connectivity index (χ2n) is 6.67. The van der Waals surface area contributed by atoms with Gasteiger partial charge < -0.3 is 10.1 Å². The zero-order valence-corrected chi connectivity index (χ0v) is 15.8. The van der Waals surface area contributed by atoms with E-state index in [1.54, 1.807) is 24.8 Å². The molecule has 1 fully saturated rings. The zero-order chi connectivity index (χ0) is 19.0. The molecule has 4 rings (SSSR count). The van der Waals surface area contributed by atoms with Crippen molar-refractivity contribution in [1.29, 1.82) is 0 Å². The molecule has 1 N–H and O–H groups in total. The third kappa shape index (κ3) is 4.88. The van der Waals surface area contributed by atoms with Gasteiger partial charge in [0, 0.05) is 61.6 Å². The molecule has 3 aromatic heterocycles. The van der Waals surface area contributed by atoms with E-state index in [2.05, 4.69) is 20.2 Å². The van der Waals surface area contributed by atoms with Crippen molar-refractivity contribution in [2.45, 2.75) is 6.42 Å². The highest BCUT2D eigenvalue weighted by Gasteiger charge is 2.11. The summed E-state index contributed by atoms with van der Waals surface area (Å²) in [6.45, 7) is 5.63. The van der Waals surface area contributed by atoms with Gasteiger partial charge >= 0.3 is 0 Å². The number of nitrogens with zero attached hydrogens (tertiary/aromatic N) is 5. The Kier molecular flexibility index (Phi) is 6.16. The summed E-state index contributed by atoms with van der Waals surface area (Å²) in [6, 6.07) is 9.77. The SMILES string of the molecule is c1cncc(-c2nc(NCCCN3CCOCC3)cc(-c3ccncc3)n2)c1. The van der Waals surface area contributed by atoms with E-state index < -0.39 is 0 Å². The minimum atomic E-state index is 0.665. The standard InChI is InChI=1S/C21H24N6O/c1-3-18(16-23-6-1)21-25-19(17-4-8-22-9-5-17)15-20(26-21)24-7-2-10-27-11-13-28-14-12-27/h1,3-6,8-9,15-16H,2,7,10-14H2,(H,24,25,26). The minimum Gasteiger partial charge on any atom is -0.379 e. The van der Waals surface area contributed by atoms with Crippen LogP contribution in [0.1, 0.15) is 6.42 Å². The van der Waals surface area contributed by atoms with Crippen LogP contribution in [0.25, 0.3) is 22.6 Å². The van der Waals surface area contributed by atoms with E-state index in [1.165, 1.54) is 0 Å². The van der Waals surface area contributed by atoms with Gasteiger partial charge in [0.05, 0.1) is 18.9 Å². The van der Waals surface area contributed by atoms with Crippen molar-refractivity contribution in [3.8, 4) is 22.6 Å². The van der Waals surface area contributed by atoms with E-state index in [1.807, 2.05) is 30.3 Å². The van der Waals surface area contributed by atoms with Crippen molar-refractivity contribution >= 4 is 5.82 Å². The number of rotatable bonds is 7. The summed E-state index contributed by atoms with van der Waals surface area (Å²) >= 11 is 0. The third-order valence-corrected chi connectivity index (χ3v) is 4.68. The Balaban J connectivity index is 1.49. The van der Waals surface area contributed by atoms with Gasteiger partial charge in [-0.15, -0.1) is 0 Å². The van der Waals surface area contributed by atoms with Crippen LogP contribution in [-0.2, 0) is 4.74 Å². The molecule has 4 heterocycles. The normalized spacial score (nSPS) is 14.7. The van der Waals surface area contributed by atoms with Gasteiger partial charge in [-0.1, -0.05) is 0 Å². The fraction of sp³-hybridized carbons (Fsp3) is 0.333. The number of aromatic nitrogens is 4. The maximum Gasteiger partial charge on any atom is 0.163 e. The molecule has 7 nitrogen and oxygen atoms in total. The van der Waals surface area contributed by atoms with E-state index in [9.17, 15) is 0 Å². The first-order valence-electron chi connectivity index (χ1n) is 9.62. The Morgan fingerprint density at radius 1 is 0.964 bits per heavy atom. The monoisotopic (exact) mass is 376 g/mol. The van der Waals surface area contributed by atoms with Crippen LogP contribution in [0.3, 0.4) is 0 Å². The van der Waals surface area contributed by atoms with E-state index in [0.717, 1.165) is 68.5 Å². The van der Waals surface area contributed by atoms with Gasteiger partial charge in [-0.05, 0) is 37.2 Å². The second-order valence-corrected chi connectivity index (χ2v) is 6.67. The van der Waals surface area contributed by atoms with Crippen LogP contribution >= 0.6 is 0 Å². The van der Waals surface area contributed by atoms with Crippen molar-refractivity contribution in [2.75, 3.05) is 44.7 Å². The van der Waals surface area contributed by atoms with E-state index in [0.29, 0.717) is 5.82 Å². The van der Waals surface area contributed by atoms with Crippen molar-refractivity contribution in [1.82, 2.24) is 24.8 Å². The molecule has 0 aromatic carbocycles. The van der Waals surface area contributed by atoms with Gasteiger partial charge in [0.25, 0.3) is 0 Å². The summed E-state index contributed by atoms with van der Waals surface area (Å²) < 4.78 is 5.40. The quantitative estimate of drug-likeness (QED) is 0.635. The topological polar surface area (TPSA) is 76.1 Å². The lowest BCUT2D eigenvalue weighted by atomic mass is 10.1. The average Bonchev–Trinajstić information content (AvgIpc) is 2.78. The molecule has 0 unspecified atom stereocenters. The van der Waals surface area contributed by atoms with Crippen molar-refractivity contribution in [2.24, 2.45) is 0 Å². The fourth-order valence-electron chi connectivity index (χ4n) is 3.18. The third-order valence-electron chi connectivity index (χ3n) is 4.68. The Bertz CT molecular complexity index is 811. The lowest BCUT2D eigenvalue weighted by Gasteiger charge is -2.26. The molecule has 0 aliphatic carbocycles. The summed E-state index contributed by atoms with van der Waals surface area (Å²) in [4.78, 5) is 20.2. The van der Waals surface area contributed by atoms with Gasteiger partial charge in [-0.25, -0.2) is 9.97 Å². The summed E-state index contributed by atoms with van der Waals surface area (Å²) in [7, 11) is 0. The minimum absolute atomic E-state index is 0.665. The lowest BCUT2D eigenvalue weighted by Crippen LogP contribution is -2.37. The molecule has 0 bridgehead atoms. The summed E-state index contributed by atoms with van der Waals surface area (Å²) in [5.41, 5.74) is 2.78. The molecule has 0 saturated carbocycles. The molecule has 0 radical (unpaired) electrons. The van der Waals surface area contributed by atoms with Crippen LogP contribution in [0.4, 0.5) is 5.82 Å². The fourth-order valence-corrected chi connectivity index (χ4v) is 3.18. The molecule has 3 aromatic rings. The number of anilines is 1. The van der Waals surface area contributed by atoms with Gasteiger partial charge in [0.2, 0.25) is 0 Å². The summed E-state index contributed by atoms with van der Waals surface area (Å²) in [6.07, 6.45) is 8.14. The van der Waals surface area contributed by atoms with E-state index in [4.69, 9.17) is 14.7 Å². The smallest absolute Gasteiger partial charge is 0.163 e. The maximum absolute atomic E-state index is 5.40. The second kappa shape index (κ2) is 9.34. The average molecular weight is 376 g/mol.